The molecule has 3 rings (SSSR count). The molecule has 1 unspecified atom stereocenters. The third-order valence-corrected chi connectivity index (χ3v) is 6.66. The van der Waals surface area contributed by atoms with Crippen molar-refractivity contribution >= 4 is 27.6 Å². The Morgan fingerprint density at radius 2 is 1.59 bits per heavy atom. The van der Waals surface area contributed by atoms with Gasteiger partial charge in [-0.05, 0) is 36.2 Å². The van der Waals surface area contributed by atoms with Crippen LogP contribution in [0.5, 0.6) is 11.5 Å². The lowest BCUT2D eigenvalue weighted by molar-refractivity contribution is -0.120. The van der Waals surface area contributed by atoms with E-state index in [1.54, 1.807) is 55.5 Å². The molecule has 3 aromatic rings. The molecule has 178 valence electrons. The van der Waals surface area contributed by atoms with Gasteiger partial charge in [0, 0.05) is 25.2 Å². The molecule has 0 bridgehead atoms. The number of nitrogens with one attached hydrogen (secondary N) is 2. The molecule has 3 amide bonds. The summed E-state index contributed by atoms with van der Waals surface area (Å²) in [7, 11) is -2.72. The maximum Gasteiger partial charge on any atom is 0.329 e. The van der Waals surface area contributed by atoms with Crippen molar-refractivity contribution in [2.45, 2.75) is 24.3 Å². The van der Waals surface area contributed by atoms with Gasteiger partial charge in [-0.15, -0.1) is 0 Å². The first-order chi connectivity index (χ1) is 16.1. The number of hydrogen-bond donors (Lipinski definition) is 4. The van der Waals surface area contributed by atoms with Gasteiger partial charge in [-0.3, -0.25) is 4.79 Å². The molecule has 10 heteroatoms. The van der Waals surface area contributed by atoms with Crippen LogP contribution in [0.4, 0.5) is 10.5 Å². The van der Waals surface area contributed by atoms with Crippen LogP contribution in [0.1, 0.15) is 11.1 Å². The Kier molecular flexibility index (Phi) is 7.42. The SMILES string of the molecule is Cc1ccccc1S(=O)(=O)NC(=O)NC(Cc1ccccc1)C(=O)N(C)c1ccc(O)c(O)c1. The Morgan fingerprint density at radius 3 is 2.24 bits per heavy atom. The van der Waals surface area contributed by atoms with E-state index in [-0.39, 0.29) is 22.8 Å². The summed E-state index contributed by atoms with van der Waals surface area (Å²) in [6.45, 7) is 1.61. The van der Waals surface area contributed by atoms with Crippen LogP contribution in [0.3, 0.4) is 0 Å². The Hall–Kier alpha value is -4.05. The van der Waals surface area contributed by atoms with Crippen molar-refractivity contribution in [2.75, 3.05) is 11.9 Å². The number of hydrogen-bond acceptors (Lipinski definition) is 6. The van der Waals surface area contributed by atoms with Crippen molar-refractivity contribution < 1.29 is 28.2 Å². The van der Waals surface area contributed by atoms with E-state index in [9.17, 15) is 28.2 Å². The van der Waals surface area contributed by atoms with Crippen molar-refractivity contribution in [2.24, 2.45) is 0 Å². The minimum Gasteiger partial charge on any atom is -0.504 e. The Labute approximate surface area is 197 Å². The van der Waals surface area contributed by atoms with Crippen LogP contribution < -0.4 is 14.9 Å². The number of sulfonamides is 1. The number of nitrogens with zero attached hydrogens (tertiary/aromatic N) is 1. The second-order valence-electron chi connectivity index (χ2n) is 7.66. The van der Waals surface area contributed by atoms with Crippen LogP contribution in [0.2, 0.25) is 0 Å². The molecule has 3 aromatic carbocycles. The average Bonchev–Trinajstić information content (AvgIpc) is 2.80. The van der Waals surface area contributed by atoms with Gasteiger partial charge in [0.05, 0.1) is 4.90 Å². The molecule has 0 aliphatic rings. The van der Waals surface area contributed by atoms with Crippen LogP contribution in [0.15, 0.2) is 77.7 Å². The summed E-state index contributed by atoms with van der Waals surface area (Å²) in [5.74, 6) is -1.31. The number of carbonyl (C=O) groups excluding carboxylic acids is 2. The van der Waals surface area contributed by atoms with Crippen LogP contribution in [-0.4, -0.2) is 43.7 Å². The van der Waals surface area contributed by atoms with E-state index in [1.807, 2.05) is 4.72 Å². The summed E-state index contributed by atoms with van der Waals surface area (Å²) in [4.78, 5) is 27.1. The van der Waals surface area contributed by atoms with Crippen molar-refractivity contribution in [3.05, 3.63) is 83.9 Å². The maximum atomic E-state index is 13.3. The third-order valence-electron chi connectivity index (χ3n) is 5.17. The first-order valence-electron chi connectivity index (χ1n) is 10.3. The van der Waals surface area contributed by atoms with E-state index in [0.717, 1.165) is 5.56 Å². The summed E-state index contributed by atoms with van der Waals surface area (Å²) in [6.07, 6.45) is 0.0892. The summed E-state index contributed by atoms with van der Waals surface area (Å²) in [5.41, 5.74) is 1.48. The number of anilines is 1. The second-order valence-corrected chi connectivity index (χ2v) is 9.31. The number of phenols is 2. The van der Waals surface area contributed by atoms with Gasteiger partial charge in [0.2, 0.25) is 5.91 Å². The molecular formula is C24H25N3O6S. The molecule has 0 aliphatic heterocycles. The standard InChI is InChI=1S/C24H25N3O6S/c1-16-8-6-7-11-22(16)34(32,33)26-24(31)25-19(14-17-9-4-3-5-10-17)23(30)27(2)18-12-13-20(28)21(29)15-18/h3-13,15,19,28-29H,14H2,1-2H3,(H2,25,26,31). The van der Waals surface area contributed by atoms with E-state index in [0.29, 0.717) is 5.56 Å². The average molecular weight is 484 g/mol. The smallest absolute Gasteiger partial charge is 0.329 e. The highest BCUT2D eigenvalue weighted by atomic mass is 32.2. The van der Waals surface area contributed by atoms with Gasteiger partial charge in [-0.25, -0.2) is 17.9 Å². The fraction of sp³-hybridized carbons (Fsp3) is 0.167. The number of likely N-dealkylation sites (N-methyl/N-ethyl adjacent to an activating group) is 1. The van der Waals surface area contributed by atoms with E-state index in [1.165, 1.54) is 36.2 Å². The monoisotopic (exact) mass is 483 g/mol. The van der Waals surface area contributed by atoms with Crippen molar-refractivity contribution in [1.82, 2.24) is 10.0 Å². The number of aryl methyl sites for hydroxylation is 1. The largest absolute Gasteiger partial charge is 0.504 e. The lowest BCUT2D eigenvalue weighted by Crippen LogP contribution is -2.52. The zero-order valence-electron chi connectivity index (χ0n) is 18.6. The first-order valence-corrected chi connectivity index (χ1v) is 11.8. The number of amides is 3. The summed E-state index contributed by atoms with van der Waals surface area (Å²) in [6, 6.07) is 16.8. The fourth-order valence-electron chi connectivity index (χ4n) is 3.35. The lowest BCUT2D eigenvalue weighted by atomic mass is 10.0. The van der Waals surface area contributed by atoms with Crippen molar-refractivity contribution in [1.29, 1.82) is 0 Å². The van der Waals surface area contributed by atoms with E-state index >= 15 is 0 Å². The number of rotatable bonds is 7. The predicted octanol–water partition coefficient (Wildman–Crippen LogP) is 2.67. The van der Waals surface area contributed by atoms with E-state index in [2.05, 4.69) is 5.32 Å². The Balaban J connectivity index is 1.83. The van der Waals surface area contributed by atoms with Gasteiger partial charge in [-0.2, -0.15) is 0 Å². The quantitative estimate of drug-likeness (QED) is 0.382. The van der Waals surface area contributed by atoms with Crippen LogP contribution >= 0.6 is 0 Å². The highest BCUT2D eigenvalue weighted by molar-refractivity contribution is 7.90. The normalized spacial score (nSPS) is 11.9. The minimum absolute atomic E-state index is 0.0484. The zero-order chi connectivity index (χ0) is 24.9. The number of carbonyl (C=O) groups is 2. The highest BCUT2D eigenvalue weighted by Gasteiger charge is 2.28. The summed E-state index contributed by atoms with van der Waals surface area (Å²) in [5, 5.41) is 21.8. The molecule has 0 aromatic heterocycles. The third kappa shape index (κ3) is 5.84. The highest BCUT2D eigenvalue weighted by Crippen LogP contribution is 2.29. The number of urea groups is 1. The fourth-order valence-corrected chi connectivity index (χ4v) is 4.52. The summed E-state index contributed by atoms with van der Waals surface area (Å²) < 4.78 is 27.3. The molecule has 0 saturated heterocycles. The predicted molar refractivity (Wildman–Crippen MR) is 127 cm³/mol. The zero-order valence-corrected chi connectivity index (χ0v) is 19.4. The molecule has 0 heterocycles. The van der Waals surface area contributed by atoms with E-state index < -0.39 is 33.8 Å². The molecule has 0 fully saturated rings. The molecule has 0 spiro atoms. The molecule has 0 radical (unpaired) electrons. The topological polar surface area (TPSA) is 136 Å². The number of phenolic OH excluding ortho intramolecular Hbond substituents is 2. The summed E-state index contributed by atoms with van der Waals surface area (Å²) >= 11 is 0. The number of aromatic hydroxyl groups is 2. The Morgan fingerprint density at radius 1 is 0.941 bits per heavy atom. The van der Waals surface area contributed by atoms with Crippen molar-refractivity contribution in [3.8, 4) is 11.5 Å². The molecule has 0 aliphatic carbocycles. The van der Waals surface area contributed by atoms with Gasteiger partial charge >= 0.3 is 6.03 Å². The van der Waals surface area contributed by atoms with Gasteiger partial charge < -0.3 is 20.4 Å². The van der Waals surface area contributed by atoms with E-state index in [4.69, 9.17) is 0 Å². The first kappa shape index (κ1) is 24.6. The molecule has 4 N–H and O–H groups in total. The molecule has 1 atom stereocenters. The molecule has 0 saturated carbocycles. The van der Waals surface area contributed by atoms with Gasteiger partial charge in [-0.1, -0.05) is 48.5 Å². The minimum atomic E-state index is -4.16. The lowest BCUT2D eigenvalue weighted by Gasteiger charge is -2.25. The maximum absolute atomic E-state index is 13.3. The molecule has 9 nitrogen and oxygen atoms in total. The Bertz CT molecular complexity index is 1300. The van der Waals surface area contributed by atoms with Crippen LogP contribution in [-0.2, 0) is 21.2 Å². The van der Waals surface area contributed by atoms with Gasteiger partial charge in [0.25, 0.3) is 10.0 Å². The molecule has 34 heavy (non-hydrogen) atoms. The van der Waals surface area contributed by atoms with Gasteiger partial charge in [0.15, 0.2) is 11.5 Å². The second kappa shape index (κ2) is 10.3. The number of benzene rings is 3. The van der Waals surface area contributed by atoms with Crippen LogP contribution in [0, 0.1) is 6.92 Å². The van der Waals surface area contributed by atoms with Gasteiger partial charge in [0.1, 0.15) is 6.04 Å². The van der Waals surface area contributed by atoms with Crippen molar-refractivity contribution in [3.63, 3.8) is 0 Å². The van der Waals surface area contributed by atoms with Crippen LogP contribution in [0.25, 0.3) is 0 Å². The molecular weight excluding hydrogens is 458 g/mol.